The fraction of sp³-hybridized carbons (Fsp3) is 0.450. The van der Waals surface area contributed by atoms with Crippen molar-refractivity contribution < 1.29 is 23.4 Å². The van der Waals surface area contributed by atoms with E-state index in [2.05, 4.69) is 30.8 Å². The molecule has 2 aromatic heterocycles. The van der Waals surface area contributed by atoms with Crippen LogP contribution in [-0.2, 0) is 4.74 Å². The monoisotopic (exact) mass is 434 g/mol. The molecular weight excluding hydrogens is 410 g/mol. The number of fused-ring (bicyclic) bond motifs is 1. The molecule has 1 aliphatic heterocycles. The normalized spacial score (nSPS) is 15.3. The molecular formula is C20H24F2N6O3. The Morgan fingerprint density at radius 1 is 1.23 bits per heavy atom. The van der Waals surface area contributed by atoms with Crippen LogP contribution in [-0.4, -0.2) is 56.7 Å². The van der Waals surface area contributed by atoms with Gasteiger partial charge in [0.25, 0.3) is 0 Å². The summed E-state index contributed by atoms with van der Waals surface area (Å²) < 4.78 is 38.0. The van der Waals surface area contributed by atoms with E-state index in [9.17, 15) is 13.9 Å². The lowest BCUT2D eigenvalue weighted by Crippen LogP contribution is -2.30. The highest BCUT2D eigenvalue weighted by Gasteiger charge is 2.22. The van der Waals surface area contributed by atoms with Gasteiger partial charge >= 0.3 is 6.01 Å². The second-order valence-electron chi connectivity index (χ2n) is 8.02. The molecule has 4 N–H and O–H groups in total. The van der Waals surface area contributed by atoms with Crippen molar-refractivity contribution >= 4 is 22.7 Å². The van der Waals surface area contributed by atoms with Gasteiger partial charge in [0, 0.05) is 31.9 Å². The number of anilines is 2. The van der Waals surface area contributed by atoms with Crippen molar-refractivity contribution in [3.05, 3.63) is 29.8 Å². The average Bonchev–Trinajstić information content (AvgIpc) is 3.11. The molecule has 0 aliphatic carbocycles. The van der Waals surface area contributed by atoms with Crippen molar-refractivity contribution in [1.82, 2.24) is 20.2 Å². The van der Waals surface area contributed by atoms with E-state index in [1.165, 1.54) is 0 Å². The molecule has 3 heterocycles. The number of halogens is 2. The van der Waals surface area contributed by atoms with Gasteiger partial charge in [0.1, 0.15) is 17.0 Å². The summed E-state index contributed by atoms with van der Waals surface area (Å²) in [5, 5.41) is 24.3. The van der Waals surface area contributed by atoms with Crippen molar-refractivity contribution in [2.75, 3.05) is 30.4 Å². The van der Waals surface area contributed by atoms with Gasteiger partial charge in [-0.2, -0.15) is 15.1 Å². The number of hydrogen-bond donors (Lipinski definition) is 4. The highest BCUT2D eigenvalue weighted by molar-refractivity contribution is 5.96. The number of hydrogen-bond acceptors (Lipinski definition) is 8. The van der Waals surface area contributed by atoms with Gasteiger partial charge in [0.05, 0.1) is 5.60 Å². The Hall–Kier alpha value is -3.05. The van der Waals surface area contributed by atoms with Crippen LogP contribution in [0.15, 0.2) is 18.2 Å². The molecule has 0 spiro atoms. The molecule has 0 radical (unpaired) electrons. The van der Waals surface area contributed by atoms with Gasteiger partial charge in [-0.3, -0.25) is 5.10 Å². The molecule has 1 aliphatic rings. The molecule has 3 aromatic rings. The van der Waals surface area contributed by atoms with Crippen molar-refractivity contribution in [3.63, 3.8) is 0 Å². The summed E-state index contributed by atoms with van der Waals surface area (Å²) in [6.07, 6.45) is 1.68. The third-order valence-electron chi connectivity index (χ3n) is 4.74. The smallest absolute Gasteiger partial charge is 0.326 e. The first-order valence-corrected chi connectivity index (χ1v) is 9.98. The summed E-state index contributed by atoms with van der Waals surface area (Å²) in [4.78, 5) is 8.62. The van der Waals surface area contributed by atoms with Gasteiger partial charge in [-0.05, 0) is 38.8 Å². The van der Waals surface area contributed by atoms with Gasteiger partial charge in [-0.25, -0.2) is 8.78 Å². The molecule has 0 amide bonds. The molecule has 1 saturated heterocycles. The first-order valence-electron chi connectivity index (χ1n) is 9.98. The van der Waals surface area contributed by atoms with Crippen LogP contribution in [0.5, 0.6) is 11.8 Å². The summed E-state index contributed by atoms with van der Waals surface area (Å²) in [5.74, 6) is -0.894. The van der Waals surface area contributed by atoms with Crippen molar-refractivity contribution in [2.45, 2.75) is 38.3 Å². The molecule has 0 unspecified atom stereocenters. The molecule has 166 valence electrons. The zero-order valence-corrected chi connectivity index (χ0v) is 17.2. The van der Waals surface area contributed by atoms with Crippen LogP contribution in [0.2, 0.25) is 0 Å². The highest BCUT2D eigenvalue weighted by atomic mass is 19.1. The summed E-state index contributed by atoms with van der Waals surface area (Å²) in [6.45, 7) is 4.83. The lowest BCUT2D eigenvalue weighted by molar-refractivity contribution is 0.0904. The maximum Gasteiger partial charge on any atom is 0.326 e. The Bertz CT molecular complexity index is 1060. The van der Waals surface area contributed by atoms with E-state index in [0.29, 0.717) is 41.9 Å². The van der Waals surface area contributed by atoms with Crippen LogP contribution in [0, 0.1) is 11.6 Å². The maximum absolute atomic E-state index is 14.0. The first-order chi connectivity index (χ1) is 14.8. The fourth-order valence-electron chi connectivity index (χ4n) is 3.18. The van der Waals surface area contributed by atoms with Gasteiger partial charge in [0.2, 0.25) is 0 Å². The molecule has 31 heavy (non-hydrogen) atoms. The Labute approximate surface area is 177 Å². The third-order valence-corrected chi connectivity index (χ3v) is 4.74. The minimum absolute atomic E-state index is 0.155. The minimum atomic E-state index is -1.01. The van der Waals surface area contributed by atoms with Crippen LogP contribution in [0.25, 0.3) is 11.0 Å². The number of nitrogens with one attached hydrogen (secondary N) is 3. The van der Waals surface area contributed by atoms with E-state index in [4.69, 9.17) is 9.47 Å². The summed E-state index contributed by atoms with van der Waals surface area (Å²) in [7, 11) is 0. The van der Waals surface area contributed by atoms with E-state index in [1.807, 2.05) is 0 Å². The predicted octanol–water partition coefficient (Wildman–Crippen LogP) is 3.20. The molecule has 0 saturated carbocycles. The molecule has 1 aromatic carbocycles. The number of ether oxygens (including phenoxy) is 2. The van der Waals surface area contributed by atoms with E-state index >= 15 is 0 Å². The van der Waals surface area contributed by atoms with Crippen LogP contribution in [0.1, 0.15) is 26.7 Å². The van der Waals surface area contributed by atoms with Gasteiger partial charge in [-0.1, -0.05) is 0 Å². The van der Waals surface area contributed by atoms with E-state index in [1.54, 1.807) is 13.8 Å². The number of nitrogens with zero attached hydrogens (tertiary/aromatic N) is 3. The molecule has 4 rings (SSSR count). The molecule has 0 atom stereocenters. The highest BCUT2D eigenvalue weighted by Crippen LogP contribution is 2.31. The SMILES string of the molecule is CC(C)(O)CNc1nc(Oc2ccc(F)cc2F)nc2[nH]nc(NC3CCOCC3)c12. The van der Waals surface area contributed by atoms with Gasteiger partial charge in [-0.15, -0.1) is 0 Å². The van der Waals surface area contributed by atoms with E-state index in [-0.39, 0.29) is 24.3 Å². The zero-order valence-electron chi connectivity index (χ0n) is 17.2. The molecule has 0 bridgehead atoms. The third kappa shape index (κ3) is 5.17. The lowest BCUT2D eigenvalue weighted by Gasteiger charge is -2.23. The van der Waals surface area contributed by atoms with Crippen LogP contribution < -0.4 is 15.4 Å². The number of benzene rings is 1. The standard InChI is InChI=1S/C20H24F2N6O3/c1-20(2,29)10-23-16-15-17(24-12-5-7-30-8-6-12)27-28-18(15)26-19(25-16)31-14-4-3-11(21)9-13(14)22/h3-4,9,12,29H,5-8,10H2,1-2H3,(H3,23,24,25,26,27,28). The maximum atomic E-state index is 14.0. The minimum Gasteiger partial charge on any atom is -0.421 e. The van der Waals surface area contributed by atoms with Crippen LogP contribution in [0.3, 0.4) is 0 Å². The summed E-state index contributed by atoms with van der Waals surface area (Å²) in [5.41, 5.74) is -0.653. The Kier molecular flexibility index (Phi) is 5.88. The largest absolute Gasteiger partial charge is 0.421 e. The topological polar surface area (TPSA) is 117 Å². The van der Waals surface area contributed by atoms with Crippen molar-refractivity contribution in [1.29, 1.82) is 0 Å². The number of aliphatic hydroxyl groups is 1. The van der Waals surface area contributed by atoms with Crippen molar-refractivity contribution in [2.24, 2.45) is 0 Å². The zero-order chi connectivity index (χ0) is 22.0. The molecule has 11 heteroatoms. The van der Waals surface area contributed by atoms with Crippen LogP contribution >= 0.6 is 0 Å². The number of aromatic amines is 1. The number of aromatic nitrogens is 4. The van der Waals surface area contributed by atoms with E-state index < -0.39 is 17.2 Å². The second kappa shape index (κ2) is 8.60. The Balaban J connectivity index is 1.68. The molecule has 9 nitrogen and oxygen atoms in total. The fourth-order valence-corrected chi connectivity index (χ4v) is 3.18. The van der Waals surface area contributed by atoms with E-state index in [0.717, 1.165) is 25.0 Å². The van der Waals surface area contributed by atoms with Gasteiger partial charge < -0.3 is 25.2 Å². The van der Waals surface area contributed by atoms with Crippen LogP contribution in [0.4, 0.5) is 20.4 Å². The summed E-state index contributed by atoms with van der Waals surface area (Å²) in [6, 6.07) is 2.99. The Morgan fingerprint density at radius 2 is 2.00 bits per heavy atom. The van der Waals surface area contributed by atoms with Crippen molar-refractivity contribution in [3.8, 4) is 11.8 Å². The lowest BCUT2D eigenvalue weighted by atomic mass is 10.1. The second-order valence-corrected chi connectivity index (χ2v) is 8.02. The number of H-pyrrole nitrogens is 1. The predicted molar refractivity (Wildman–Crippen MR) is 110 cm³/mol. The average molecular weight is 434 g/mol. The molecule has 1 fully saturated rings. The van der Waals surface area contributed by atoms with Gasteiger partial charge in [0.15, 0.2) is 23.0 Å². The quantitative estimate of drug-likeness (QED) is 0.448. The number of rotatable bonds is 7. The summed E-state index contributed by atoms with van der Waals surface area (Å²) >= 11 is 0. The Morgan fingerprint density at radius 3 is 2.71 bits per heavy atom. The first kappa shape index (κ1) is 21.2.